The van der Waals surface area contributed by atoms with Crippen molar-refractivity contribution < 1.29 is 9.18 Å². The van der Waals surface area contributed by atoms with Gasteiger partial charge in [0.15, 0.2) is 5.17 Å². The van der Waals surface area contributed by atoms with Crippen LogP contribution in [-0.4, -0.2) is 11.1 Å². The number of thioether (sulfide) groups is 1. The largest absolute Gasteiger partial charge is 0.300 e. The molecule has 0 spiro atoms. The average molecular weight is 298 g/mol. The molecule has 0 bridgehead atoms. The molecule has 2 aromatic carbocycles. The lowest BCUT2D eigenvalue weighted by Gasteiger charge is -1.97. The van der Waals surface area contributed by atoms with E-state index in [1.165, 1.54) is 17.8 Å². The number of aliphatic imine (C=N–C) groups is 1. The molecule has 1 heterocycles. The summed E-state index contributed by atoms with van der Waals surface area (Å²) in [6.45, 7) is 0. The van der Waals surface area contributed by atoms with Crippen LogP contribution in [-0.2, 0) is 4.79 Å². The molecule has 0 saturated carbocycles. The zero-order valence-electron chi connectivity index (χ0n) is 10.9. The Morgan fingerprint density at radius 1 is 1.05 bits per heavy atom. The molecule has 1 amide bonds. The molecule has 104 valence electrons. The Hall–Kier alpha value is -2.40. The van der Waals surface area contributed by atoms with E-state index in [0.717, 1.165) is 5.56 Å². The fraction of sp³-hybridized carbons (Fsp3) is 0. The molecular formula is C16H11FN2OS. The number of carbonyl (C=O) groups excluding carboxylic acids is 1. The molecule has 1 N–H and O–H groups in total. The van der Waals surface area contributed by atoms with Crippen molar-refractivity contribution in [1.82, 2.24) is 5.32 Å². The highest BCUT2D eigenvalue weighted by atomic mass is 32.2. The van der Waals surface area contributed by atoms with E-state index in [2.05, 4.69) is 10.3 Å². The highest BCUT2D eigenvalue weighted by Crippen LogP contribution is 2.28. The van der Waals surface area contributed by atoms with Gasteiger partial charge in [-0.25, -0.2) is 9.38 Å². The van der Waals surface area contributed by atoms with Gasteiger partial charge in [-0.1, -0.05) is 42.5 Å². The number of rotatable bonds is 2. The summed E-state index contributed by atoms with van der Waals surface area (Å²) in [5.74, 6) is -0.640. The zero-order chi connectivity index (χ0) is 14.7. The van der Waals surface area contributed by atoms with Gasteiger partial charge in [0.05, 0.1) is 4.91 Å². The summed E-state index contributed by atoms with van der Waals surface area (Å²) in [5, 5.41) is 3.02. The summed E-state index contributed by atoms with van der Waals surface area (Å²) in [4.78, 5) is 16.6. The SMILES string of the molecule is O=C1NC(=Nc2ccccc2F)S/C1=C\c1ccccc1. The molecule has 0 aliphatic carbocycles. The van der Waals surface area contributed by atoms with Gasteiger partial charge in [-0.2, -0.15) is 0 Å². The number of benzene rings is 2. The lowest BCUT2D eigenvalue weighted by molar-refractivity contribution is -0.115. The highest BCUT2D eigenvalue weighted by Gasteiger charge is 2.23. The fourth-order valence-electron chi connectivity index (χ4n) is 1.83. The standard InChI is InChI=1S/C16H11FN2OS/c17-12-8-4-5-9-13(12)18-16-19-15(20)14(21-16)10-11-6-2-1-3-7-11/h1-10H,(H,18,19,20)/b14-10-. The van der Waals surface area contributed by atoms with Crippen molar-refractivity contribution in [2.24, 2.45) is 4.99 Å². The summed E-state index contributed by atoms with van der Waals surface area (Å²) in [5.41, 5.74) is 1.14. The van der Waals surface area contributed by atoms with E-state index < -0.39 is 5.82 Å². The second-order valence-corrected chi connectivity index (χ2v) is 5.37. The van der Waals surface area contributed by atoms with Crippen molar-refractivity contribution in [2.75, 3.05) is 0 Å². The molecule has 0 aromatic heterocycles. The first-order valence-electron chi connectivity index (χ1n) is 6.31. The van der Waals surface area contributed by atoms with Crippen LogP contribution >= 0.6 is 11.8 Å². The van der Waals surface area contributed by atoms with E-state index in [1.54, 1.807) is 24.3 Å². The number of halogens is 1. The highest BCUT2D eigenvalue weighted by molar-refractivity contribution is 8.18. The monoisotopic (exact) mass is 298 g/mol. The normalized spacial score (nSPS) is 18.2. The van der Waals surface area contributed by atoms with Gasteiger partial charge in [-0.3, -0.25) is 4.79 Å². The predicted molar refractivity (Wildman–Crippen MR) is 83.6 cm³/mol. The van der Waals surface area contributed by atoms with Crippen LogP contribution in [0.2, 0.25) is 0 Å². The van der Waals surface area contributed by atoms with E-state index in [4.69, 9.17) is 0 Å². The maximum absolute atomic E-state index is 13.5. The zero-order valence-corrected chi connectivity index (χ0v) is 11.7. The summed E-state index contributed by atoms with van der Waals surface area (Å²) in [7, 11) is 0. The van der Waals surface area contributed by atoms with Gasteiger partial charge in [0, 0.05) is 0 Å². The number of hydrogen-bond donors (Lipinski definition) is 1. The van der Waals surface area contributed by atoms with Gasteiger partial charge in [-0.15, -0.1) is 0 Å². The third-order valence-electron chi connectivity index (χ3n) is 2.82. The molecule has 1 saturated heterocycles. The molecule has 1 aliphatic heterocycles. The van der Waals surface area contributed by atoms with Gasteiger partial charge in [-0.05, 0) is 35.5 Å². The summed E-state index contributed by atoms with van der Waals surface area (Å²) < 4.78 is 13.5. The maximum Gasteiger partial charge on any atom is 0.264 e. The molecule has 2 aromatic rings. The quantitative estimate of drug-likeness (QED) is 0.859. The minimum atomic E-state index is -0.416. The number of amidine groups is 1. The van der Waals surface area contributed by atoms with Crippen LogP contribution < -0.4 is 5.32 Å². The molecule has 21 heavy (non-hydrogen) atoms. The van der Waals surface area contributed by atoms with Gasteiger partial charge < -0.3 is 5.32 Å². The van der Waals surface area contributed by atoms with Crippen molar-refractivity contribution in [3.63, 3.8) is 0 Å². The van der Waals surface area contributed by atoms with E-state index in [-0.39, 0.29) is 11.6 Å². The molecule has 0 radical (unpaired) electrons. The van der Waals surface area contributed by atoms with Crippen LogP contribution in [0.15, 0.2) is 64.5 Å². The minimum absolute atomic E-state index is 0.210. The lowest BCUT2D eigenvalue weighted by atomic mass is 10.2. The number of para-hydroxylation sites is 1. The number of nitrogens with one attached hydrogen (secondary N) is 1. The summed E-state index contributed by atoms with van der Waals surface area (Å²) >= 11 is 1.20. The molecule has 1 aliphatic rings. The number of carbonyl (C=O) groups is 1. The summed E-state index contributed by atoms with van der Waals surface area (Å²) in [6, 6.07) is 15.7. The number of hydrogen-bond acceptors (Lipinski definition) is 3. The van der Waals surface area contributed by atoms with E-state index >= 15 is 0 Å². The third kappa shape index (κ3) is 3.20. The first-order valence-corrected chi connectivity index (χ1v) is 7.13. The van der Waals surface area contributed by atoms with Crippen LogP contribution in [0.25, 0.3) is 6.08 Å². The topological polar surface area (TPSA) is 41.5 Å². The molecule has 1 fully saturated rings. The Labute approximate surface area is 125 Å². The molecule has 5 heteroatoms. The second kappa shape index (κ2) is 5.93. The Bertz CT molecular complexity index is 741. The van der Waals surface area contributed by atoms with Crippen LogP contribution in [0.5, 0.6) is 0 Å². The first kappa shape index (κ1) is 13.6. The minimum Gasteiger partial charge on any atom is -0.300 e. The Morgan fingerprint density at radius 3 is 2.52 bits per heavy atom. The van der Waals surface area contributed by atoms with Gasteiger partial charge in [0.2, 0.25) is 0 Å². The molecular weight excluding hydrogens is 287 g/mol. The average Bonchev–Trinajstić information content (AvgIpc) is 2.82. The molecule has 0 atom stereocenters. The van der Waals surface area contributed by atoms with Crippen LogP contribution in [0.3, 0.4) is 0 Å². The maximum atomic E-state index is 13.5. The summed E-state index contributed by atoms with van der Waals surface area (Å²) in [6.07, 6.45) is 1.78. The smallest absolute Gasteiger partial charge is 0.264 e. The van der Waals surface area contributed by atoms with Crippen molar-refractivity contribution in [3.05, 3.63) is 70.9 Å². The van der Waals surface area contributed by atoms with Crippen LogP contribution in [0.4, 0.5) is 10.1 Å². The van der Waals surface area contributed by atoms with Gasteiger partial charge in [0.25, 0.3) is 5.91 Å². The molecule has 3 nitrogen and oxygen atoms in total. The van der Waals surface area contributed by atoms with E-state index in [1.807, 2.05) is 30.3 Å². The van der Waals surface area contributed by atoms with Crippen LogP contribution in [0, 0.1) is 5.82 Å². The number of amides is 1. The van der Waals surface area contributed by atoms with Crippen molar-refractivity contribution in [1.29, 1.82) is 0 Å². The number of nitrogens with zero attached hydrogens (tertiary/aromatic N) is 1. The second-order valence-electron chi connectivity index (χ2n) is 4.34. The molecule has 0 unspecified atom stereocenters. The van der Waals surface area contributed by atoms with Crippen molar-refractivity contribution in [2.45, 2.75) is 0 Å². The first-order chi connectivity index (χ1) is 10.2. The van der Waals surface area contributed by atoms with E-state index in [9.17, 15) is 9.18 Å². The Balaban J connectivity index is 1.85. The Kier molecular flexibility index (Phi) is 3.83. The Morgan fingerprint density at radius 2 is 1.76 bits per heavy atom. The van der Waals surface area contributed by atoms with Crippen LogP contribution in [0.1, 0.15) is 5.56 Å². The fourth-order valence-corrected chi connectivity index (χ4v) is 2.67. The lowest BCUT2D eigenvalue weighted by Crippen LogP contribution is -2.19. The van der Waals surface area contributed by atoms with Gasteiger partial charge >= 0.3 is 0 Å². The van der Waals surface area contributed by atoms with Gasteiger partial charge in [0.1, 0.15) is 11.5 Å². The predicted octanol–water partition coefficient (Wildman–Crippen LogP) is 3.72. The van der Waals surface area contributed by atoms with E-state index in [0.29, 0.717) is 10.1 Å². The van der Waals surface area contributed by atoms with Crippen molar-refractivity contribution in [3.8, 4) is 0 Å². The molecule has 3 rings (SSSR count). The third-order valence-corrected chi connectivity index (χ3v) is 3.73. The van der Waals surface area contributed by atoms with Crippen molar-refractivity contribution >= 4 is 34.6 Å².